The Kier molecular flexibility index (Phi) is 4.77. The van der Waals surface area contributed by atoms with Gasteiger partial charge in [-0.15, -0.1) is 5.10 Å². The van der Waals surface area contributed by atoms with Crippen LogP contribution in [-0.2, 0) is 13.1 Å². The summed E-state index contributed by atoms with van der Waals surface area (Å²) in [6, 6.07) is 17.3. The predicted molar refractivity (Wildman–Crippen MR) is 108 cm³/mol. The number of benzene rings is 2. The van der Waals surface area contributed by atoms with Crippen molar-refractivity contribution in [1.29, 1.82) is 0 Å². The van der Waals surface area contributed by atoms with Crippen molar-refractivity contribution in [3.63, 3.8) is 0 Å². The van der Waals surface area contributed by atoms with Crippen LogP contribution in [0.25, 0.3) is 11.0 Å². The first-order valence-electron chi connectivity index (χ1n) is 8.82. The molecule has 0 aliphatic rings. The lowest BCUT2D eigenvalue weighted by molar-refractivity contribution is 0.414. The van der Waals surface area contributed by atoms with Gasteiger partial charge < -0.3 is 20.8 Å². The Bertz CT molecular complexity index is 1150. The van der Waals surface area contributed by atoms with E-state index in [9.17, 15) is 4.79 Å². The van der Waals surface area contributed by atoms with Crippen molar-refractivity contribution in [3.8, 4) is 5.75 Å². The third-order valence-electron chi connectivity index (χ3n) is 4.38. The van der Waals surface area contributed by atoms with Crippen LogP contribution in [0.3, 0.4) is 0 Å². The van der Waals surface area contributed by atoms with E-state index in [1.54, 1.807) is 11.8 Å². The van der Waals surface area contributed by atoms with Gasteiger partial charge in [0.05, 0.1) is 20.2 Å². The first kappa shape index (κ1) is 17.7. The number of nitrogens with two attached hydrogens (primary N) is 1. The van der Waals surface area contributed by atoms with Gasteiger partial charge in [-0.3, -0.25) is 4.79 Å². The first-order chi connectivity index (χ1) is 13.7. The van der Waals surface area contributed by atoms with Gasteiger partial charge in [0.1, 0.15) is 22.8 Å². The molecule has 0 fully saturated rings. The number of ether oxygens (including phenoxy) is 1. The van der Waals surface area contributed by atoms with E-state index >= 15 is 0 Å². The fourth-order valence-corrected chi connectivity index (χ4v) is 2.99. The molecule has 0 radical (unpaired) electrons. The molecule has 4 aromatic rings. The summed E-state index contributed by atoms with van der Waals surface area (Å²) in [7, 11) is 1.63. The fraction of sp³-hybridized carbons (Fsp3) is 0.150. The summed E-state index contributed by atoms with van der Waals surface area (Å²) in [5.41, 5.74) is 7.58. The molecular weight excluding hydrogens is 356 g/mol. The molecule has 2 aromatic heterocycles. The maximum atomic E-state index is 12.7. The van der Waals surface area contributed by atoms with E-state index in [2.05, 4.69) is 20.4 Å². The molecule has 0 spiro atoms. The second-order valence-corrected chi connectivity index (χ2v) is 6.26. The van der Waals surface area contributed by atoms with Crippen molar-refractivity contribution in [2.24, 2.45) is 5.73 Å². The zero-order chi connectivity index (χ0) is 19.5. The number of nitrogens with one attached hydrogen (secondary N) is 2. The molecule has 142 valence electrons. The number of methoxy groups -OCH3 is 1. The number of H-pyrrole nitrogens is 1. The Morgan fingerprint density at radius 1 is 1.14 bits per heavy atom. The molecule has 4 rings (SSSR count). The van der Waals surface area contributed by atoms with Crippen molar-refractivity contribution in [3.05, 3.63) is 76.3 Å². The minimum Gasteiger partial charge on any atom is -0.497 e. The van der Waals surface area contributed by atoms with E-state index in [4.69, 9.17) is 10.5 Å². The molecule has 2 aromatic carbocycles. The molecule has 0 aliphatic heterocycles. The van der Waals surface area contributed by atoms with Crippen LogP contribution >= 0.6 is 0 Å². The Balaban J connectivity index is 1.81. The molecule has 4 N–H and O–H groups in total. The van der Waals surface area contributed by atoms with Crippen LogP contribution in [0, 0.1) is 0 Å². The number of aromatic amines is 1. The molecule has 28 heavy (non-hydrogen) atoms. The third kappa shape index (κ3) is 3.45. The number of fused-ring (bicyclic) bond motifs is 1. The lowest BCUT2D eigenvalue weighted by Gasteiger charge is -2.10. The molecule has 0 unspecified atom stereocenters. The van der Waals surface area contributed by atoms with Crippen molar-refractivity contribution in [2.75, 3.05) is 12.4 Å². The van der Waals surface area contributed by atoms with Crippen molar-refractivity contribution in [1.82, 2.24) is 19.7 Å². The van der Waals surface area contributed by atoms with Gasteiger partial charge in [0.25, 0.3) is 5.56 Å². The lowest BCUT2D eigenvalue weighted by atomic mass is 10.2. The van der Waals surface area contributed by atoms with Gasteiger partial charge in [0.2, 0.25) is 0 Å². The molecule has 0 amide bonds. The fourth-order valence-electron chi connectivity index (χ4n) is 2.99. The maximum Gasteiger partial charge on any atom is 0.264 e. The Morgan fingerprint density at radius 2 is 1.89 bits per heavy atom. The number of hydrogen-bond donors (Lipinski definition) is 3. The van der Waals surface area contributed by atoms with Crippen molar-refractivity contribution < 1.29 is 4.74 Å². The van der Waals surface area contributed by atoms with Crippen LogP contribution in [0.4, 0.5) is 11.5 Å². The Hall–Kier alpha value is -3.65. The molecule has 8 nitrogen and oxygen atoms in total. The van der Waals surface area contributed by atoms with E-state index in [0.29, 0.717) is 29.2 Å². The monoisotopic (exact) mass is 376 g/mol. The number of nitrogens with zero attached hydrogens (tertiary/aromatic N) is 3. The van der Waals surface area contributed by atoms with Crippen LogP contribution in [0.5, 0.6) is 5.75 Å². The highest BCUT2D eigenvalue weighted by molar-refractivity contribution is 5.88. The van der Waals surface area contributed by atoms with Gasteiger partial charge in [-0.1, -0.05) is 30.3 Å². The highest BCUT2D eigenvalue weighted by Gasteiger charge is 2.17. The summed E-state index contributed by atoms with van der Waals surface area (Å²) in [5.74, 6) is 1.76. The van der Waals surface area contributed by atoms with Crippen LogP contribution in [0.2, 0.25) is 0 Å². The van der Waals surface area contributed by atoms with Crippen molar-refractivity contribution in [2.45, 2.75) is 13.1 Å². The van der Waals surface area contributed by atoms with Crippen LogP contribution in [0.15, 0.2) is 59.4 Å². The van der Waals surface area contributed by atoms with Crippen LogP contribution in [-0.4, -0.2) is 26.9 Å². The first-order valence-corrected chi connectivity index (χ1v) is 8.82. The van der Waals surface area contributed by atoms with Gasteiger partial charge in [-0.25, -0.2) is 9.67 Å². The van der Waals surface area contributed by atoms with E-state index in [0.717, 1.165) is 17.0 Å². The molecule has 0 saturated heterocycles. The summed E-state index contributed by atoms with van der Waals surface area (Å²) >= 11 is 0. The molecule has 8 heteroatoms. The second kappa shape index (κ2) is 7.53. The van der Waals surface area contributed by atoms with Gasteiger partial charge in [-0.2, -0.15) is 0 Å². The smallest absolute Gasteiger partial charge is 0.264 e. The third-order valence-corrected chi connectivity index (χ3v) is 4.38. The standard InChI is InChI=1S/C20H20N6O2/c1-28-15-9-7-13(8-10-15)12-26-19(22-14-5-3-2-4-6-14)17-18(25-26)23-16(11-21)24-20(17)27/h2-10,22H,11-12,21H2,1H3,(H,23,24,25,27). The summed E-state index contributed by atoms with van der Waals surface area (Å²) in [6.45, 7) is 0.602. The minimum atomic E-state index is -0.273. The summed E-state index contributed by atoms with van der Waals surface area (Å²) in [6.07, 6.45) is 0. The molecule has 0 bridgehead atoms. The molecule has 0 atom stereocenters. The number of rotatable bonds is 6. The quantitative estimate of drug-likeness (QED) is 0.476. The molecule has 2 heterocycles. The number of anilines is 2. The predicted octanol–water partition coefficient (Wildman–Crippen LogP) is 2.38. The average Bonchev–Trinajstić information content (AvgIpc) is 3.06. The van der Waals surface area contributed by atoms with E-state index in [1.165, 1.54) is 0 Å². The largest absolute Gasteiger partial charge is 0.497 e. The van der Waals surface area contributed by atoms with Gasteiger partial charge in [-0.05, 0) is 29.8 Å². The molecular formula is C20H20N6O2. The zero-order valence-corrected chi connectivity index (χ0v) is 15.3. The summed E-state index contributed by atoms with van der Waals surface area (Å²) < 4.78 is 6.95. The number of hydrogen-bond acceptors (Lipinski definition) is 6. The van der Waals surface area contributed by atoms with Crippen LogP contribution < -0.4 is 21.3 Å². The van der Waals surface area contributed by atoms with E-state index in [1.807, 2.05) is 54.6 Å². The minimum absolute atomic E-state index is 0.137. The highest BCUT2D eigenvalue weighted by Crippen LogP contribution is 2.24. The molecule has 0 saturated carbocycles. The van der Waals surface area contributed by atoms with Gasteiger partial charge in [0.15, 0.2) is 5.65 Å². The van der Waals surface area contributed by atoms with E-state index in [-0.39, 0.29) is 12.1 Å². The SMILES string of the molecule is COc1ccc(Cn2nc3nc(CN)[nH]c(=O)c3c2Nc2ccccc2)cc1. The Labute approximate surface area is 161 Å². The highest BCUT2D eigenvalue weighted by atomic mass is 16.5. The summed E-state index contributed by atoms with van der Waals surface area (Å²) in [4.78, 5) is 19.7. The van der Waals surface area contributed by atoms with E-state index < -0.39 is 0 Å². The maximum absolute atomic E-state index is 12.7. The van der Waals surface area contributed by atoms with Crippen molar-refractivity contribution >= 4 is 22.5 Å². The van der Waals surface area contributed by atoms with Gasteiger partial charge >= 0.3 is 0 Å². The second-order valence-electron chi connectivity index (χ2n) is 6.26. The van der Waals surface area contributed by atoms with Crippen LogP contribution in [0.1, 0.15) is 11.4 Å². The van der Waals surface area contributed by atoms with Gasteiger partial charge in [0, 0.05) is 5.69 Å². The molecule has 0 aliphatic carbocycles. The zero-order valence-electron chi connectivity index (χ0n) is 15.3. The number of aromatic nitrogens is 4. The lowest BCUT2D eigenvalue weighted by Crippen LogP contribution is -2.14. The topological polar surface area (TPSA) is 111 Å². The normalized spacial score (nSPS) is 10.9. The number of para-hydroxylation sites is 1. The Morgan fingerprint density at radius 3 is 2.57 bits per heavy atom. The average molecular weight is 376 g/mol. The summed E-state index contributed by atoms with van der Waals surface area (Å²) in [5, 5.41) is 8.25.